The third-order valence-electron chi connectivity index (χ3n) is 4.10. The maximum Gasteiger partial charge on any atom is 0.134 e. The van der Waals surface area contributed by atoms with Gasteiger partial charge >= 0.3 is 0 Å². The van der Waals surface area contributed by atoms with E-state index in [-0.39, 0.29) is 0 Å². The van der Waals surface area contributed by atoms with Crippen molar-refractivity contribution in [1.29, 1.82) is 0 Å². The van der Waals surface area contributed by atoms with Gasteiger partial charge in [0.25, 0.3) is 0 Å². The van der Waals surface area contributed by atoms with Crippen LogP contribution >= 0.6 is 0 Å². The molecule has 1 saturated carbocycles. The average molecular weight is 262 g/mol. The molecule has 1 heterocycles. The van der Waals surface area contributed by atoms with E-state index in [2.05, 4.69) is 41.4 Å². The highest BCUT2D eigenvalue weighted by Crippen LogP contribution is 2.27. The molecule has 0 saturated heterocycles. The van der Waals surface area contributed by atoms with Crippen molar-refractivity contribution < 1.29 is 0 Å². The maximum atomic E-state index is 4.65. The lowest BCUT2D eigenvalue weighted by molar-refractivity contribution is 0.360. The second-order valence-electron chi connectivity index (χ2n) is 5.67. The topological polar surface area (TPSA) is 49.8 Å². The highest BCUT2D eigenvalue weighted by atomic mass is 15.1. The molecule has 106 valence electrons. The Morgan fingerprint density at radius 2 is 1.74 bits per heavy atom. The molecule has 4 heteroatoms. The molecule has 0 atom stereocenters. The molecule has 0 bridgehead atoms. The van der Waals surface area contributed by atoms with Gasteiger partial charge in [-0.15, -0.1) is 0 Å². The number of rotatable bonds is 4. The monoisotopic (exact) mass is 262 g/mol. The fourth-order valence-electron chi connectivity index (χ4n) is 2.70. The fraction of sp³-hybridized carbons (Fsp3) is 0.733. The Balaban J connectivity index is 2.14. The molecule has 0 spiro atoms. The maximum absolute atomic E-state index is 4.65. The van der Waals surface area contributed by atoms with E-state index in [1.54, 1.807) is 0 Å². The minimum atomic E-state index is 0.569. The summed E-state index contributed by atoms with van der Waals surface area (Å²) in [5.41, 5.74) is 1.12. The molecule has 1 aliphatic rings. The van der Waals surface area contributed by atoms with Crippen molar-refractivity contribution in [3.63, 3.8) is 0 Å². The molecule has 2 rings (SSSR count). The summed E-state index contributed by atoms with van der Waals surface area (Å²) >= 11 is 0. The van der Waals surface area contributed by atoms with Gasteiger partial charge in [-0.25, -0.2) is 9.97 Å². The van der Waals surface area contributed by atoms with Crippen molar-refractivity contribution in [2.45, 2.75) is 58.9 Å². The van der Waals surface area contributed by atoms with Crippen LogP contribution in [-0.2, 0) is 6.42 Å². The first-order valence-corrected chi connectivity index (χ1v) is 7.45. The van der Waals surface area contributed by atoms with Gasteiger partial charge in [-0.2, -0.15) is 0 Å². The first-order valence-electron chi connectivity index (χ1n) is 7.45. The van der Waals surface area contributed by atoms with Crippen molar-refractivity contribution in [2.24, 2.45) is 5.92 Å². The Bertz CT molecular complexity index is 422. The molecule has 1 aliphatic carbocycles. The van der Waals surface area contributed by atoms with Gasteiger partial charge in [-0.05, 0) is 38.5 Å². The molecular weight excluding hydrogens is 236 g/mol. The number of aromatic nitrogens is 2. The van der Waals surface area contributed by atoms with Gasteiger partial charge < -0.3 is 10.6 Å². The molecule has 0 radical (unpaired) electrons. The van der Waals surface area contributed by atoms with E-state index in [0.717, 1.165) is 35.4 Å². The fourth-order valence-corrected chi connectivity index (χ4v) is 2.70. The van der Waals surface area contributed by atoms with Gasteiger partial charge in [0.15, 0.2) is 0 Å². The molecule has 1 aromatic heterocycles. The molecule has 0 unspecified atom stereocenters. The number of aryl methyl sites for hydroxylation is 1. The lowest BCUT2D eigenvalue weighted by Crippen LogP contribution is -2.26. The Morgan fingerprint density at radius 3 is 2.32 bits per heavy atom. The summed E-state index contributed by atoms with van der Waals surface area (Å²) in [6, 6.07) is 0.569. The van der Waals surface area contributed by atoms with E-state index in [4.69, 9.17) is 0 Å². The van der Waals surface area contributed by atoms with Crippen LogP contribution in [0.3, 0.4) is 0 Å². The molecule has 4 nitrogen and oxygen atoms in total. The number of nitrogens with zero attached hydrogens (tertiary/aromatic N) is 2. The minimum absolute atomic E-state index is 0.569. The van der Waals surface area contributed by atoms with Crippen LogP contribution in [0.25, 0.3) is 0 Å². The Hall–Kier alpha value is -1.32. The van der Waals surface area contributed by atoms with Crippen molar-refractivity contribution >= 4 is 11.6 Å². The summed E-state index contributed by atoms with van der Waals surface area (Å²) in [4.78, 5) is 9.16. The molecule has 0 amide bonds. The molecule has 19 heavy (non-hydrogen) atoms. The highest BCUT2D eigenvalue weighted by molar-refractivity contribution is 5.57. The summed E-state index contributed by atoms with van der Waals surface area (Å²) in [7, 11) is 1.92. The molecule has 0 aromatic carbocycles. The van der Waals surface area contributed by atoms with E-state index in [1.165, 1.54) is 25.7 Å². The smallest absolute Gasteiger partial charge is 0.134 e. The zero-order chi connectivity index (χ0) is 13.8. The zero-order valence-electron chi connectivity index (χ0n) is 12.6. The van der Waals surface area contributed by atoms with Gasteiger partial charge in [0.05, 0.1) is 0 Å². The zero-order valence-corrected chi connectivity index (χ0v) is 12.6. The van der Waals surface area contributed by atoms with E-state index >= 15 is 0 Å². The van der Waals surface area contributed by atoms with Crippen LogP contribution in [0, 0.1) is 12.8 Å². The average Bonchev–Trinajstić information content (AvgIpc) is 2.43. The molecule has 1 aromatic rings. The van der Waals surface area contributed by atoms with Crippen molar-refractivity contribution in [1.82, 2.24) is 9.97 Å². The number of hydrogen-bond acceptors (Lipinski definition) is 4. The molecule has 2 N–H and O–H groups in total. The summed E-state index contributed by atoms with van der Waals surface area (Å²) in [6.45, 7) is 6.52. The predicted octanol–water partition coefficient (Wildman–Crippen LogP) is 3.38. The van der Waals surface area contributed by atoms with E-state index in [0.29, 0.717) is 6.04 Å². The van der Waals surface area contributed by atoms with E-state index < -0.39 is 0 Å². The summed E-state index contributed by atoms with van der Waals surface area (Å²) in [5.74, 6) is 3.74. The second kappa shape index (κ2) is 6.22. The van der Waals surface area contributed by atoms with Gasteiger partial charge in [-0.1, -0.05) is 13.8 Å². The Labute approximate surface area is 116 Å². The van der Waals surface area contributed by atoms with Gasteiger partial charge in [0.1, 0.15) is 17.5 Å². The first-order chi connectivity index (χ1) is 9.13. The Kier molecular flexibility index (Phi) is 4.61. The number of nitrogens with one attached hydrogen (secondary N) is 2. The second-order valence-corrected chi connectivity index (χ2v) is 5.67. The van der Waals surface area contributed by atoms with Gasteiger partial charge in [0, 0.05) is 25.1 Å². The van der Waals surface area contributed by atoms with Crippen LogP contribution in [0.15, 0.2) is 0 Å². The summed E-state index contributed by atoms with van der Waals surface area (Å²) in [6.07, 6.45) is 6.01. The molecule has 1 fully saturated rings. The number of anilines is 2. The minimum Gasteiger partial charge on any atom is -0.373 e. The van der Waals surface area contributed by atoms with Crippen molar-refractivity contribution in [2.75, 3.05) is 17.7 Å². The van der Waals surface area contributed by atoms with Crippen molar-refractivity contribution in [3.8, 4) is 0 Å². The lowest BCUT2D eigenvalue weighted by Gasteiger charge is -2.28. The normalized spacial score (nSPS) is 23.2. The number of hydrogen-bond donors (Lipinski definition) is 2. The third kappa shape index (κ3) is 3.37. The summed E-state index contributed by atoms with van der Waals surface area (Å²) in [5, 5.41) is 6.79. The predicted molar refractivity (Wildman–Crippen MR) is 80.7 cm³/mol. The standard InChI is InChI=1S/C15H26N4/c1-5-13-18-14(16-4)11(3)15(19-13)17-12-8-6-10(2)7-9-12/h10,12H,5-9H2,1-4H3,(H2,16,17,18,19). The SMILES string of the molecule is CCc1nc(NC)c(C)c(NC2CCC(C)CC2)n1. The van der Waals surface area contributed by atoms with Crippen LogP contribution in [0.2, 0.25) is 0 Å². The highest BCUT2D eigenvalue weighted by Gasteiger charge is 2.20. The van der Waals surface area contributed by atoms with Gasteiger partial charge in [-0.3, -0.25) is 0 Å². The molecule has 0 aliphatic heterocycles. The van der Waals surface area contributed by atoms with Crippen LogP contribution in [-0.4, -0.2) is 23.1 Å². The van der Waals surface area contributed by atoms with Crippen LogP contribution in [0.4, 0.5) is 11.6 Å². The summed E-state index contributed by atoms with van der Waals surface area (Å²) < 4.78 is 0. The largest absolute Gasteiger partial charge is 0.373 e. The van der Waals surface area contributed by atoms with Crippen LogP contribution < -0.4 is 10.6 Å². The lowest BCUT2D eigenvalue weighted by atomic mass is 9.87. The van der Waals surface area contributed by atoms with Crippen molar-refractivity contribution in [3.05, 3.63) is 11.4 Å². The van der Waals surface area contributed by atoms with E-state index in [9.17, 15) is 0 Å². The quantitative estimate of drug-likeness (QED) is 0.873. The van der Waals surface area contributed by atoms with Crippen LogP contribution in [0.5, 0.6) is 0 Å². The molecular formula is C15H26N4. The van der Waals surface area contributed by atoms with E-state index in [1.807, 2.05) is 7.05 Å². The van der Waals surface area contributed by atoms with Crippen LogP contribution in [0.1, 0.15) is 50.9 Å². The Morgan fingerprint density at radius 1 is 1.11 bits per heavy atom. The third-order valence-corrected chi connectivity index (χ3v) is 4.10. The first kappa shape index (κ1) is 14.1. The van der Waals surface area contributed by atoms with Gasteiger partial charge in [0.2, 0.25) is 0 Å².